The van der Waals surface area contributed by atoms with Crippen molar-refractivity contribution in [3.05, 3.63) is 53.9 Å². The topological polar surface area (TPSA) is 58.2 Å². The number of aromatic amines is 1. The van der Waals surface area contributed by atoms with Gasteiger partial charge >= 0.3 is 0 Å². The fourth-order valence-electron chi connectivity index (χ4n) is 2.18. The number of aromatic nitrogens is 2. The van der Waals surface area contributed by atoms with Gasteiger partial charge in [-0.2, -0.15) is 5.10 Å². The lowest BCUT2D eigenvalue weighted by atomic mass is 10.1. The van der Waals surface area contributed by atoms with Crippen LogP contribution in [-0.4, -0.2) is 47.8 Å². The summed E-state index contributed by atoms with van der Waals surface area (Å²) >= 11 is 0. The molecular formula is C16H21N3O2. The second-order valence-corrected chi connectivity index (χ2v) is 4.84. The SMILES string of the molecule is COCCN(CCCc1ccccc1)C(=O)c1ccn[nH]1. The summed E-state index contributed by atoms with van der Waals surface area (Å²) in [6.45, 7) is 1.82. The lowest BCUT2D eigenvalue weighted by Crippen LogP contribution is -2.35. The van der Waals surface area contributed by atoms with E-state index in [1.807, 2.05) is 18.2 Å². The van der Waals surface area contributed by atoms with Gasteiger partial charge in [0.2, 0.25) is 0 Å². The lowest BCUT2D eigenvalue weighted by Gasteiger charge is -2.21. The molecule has 1 heterocycles. The Morgan fingerprint density at radius 2 is 2.05 bits per heavy atom. The summed E-state index contributed by atoms with van der Waals surface area (Å²) < 4.78 is 5.08. The third kappa shape index (κ3) is 4.72. The van der Waals surface area contributed by atoms with Crippen LogP contribution in [0.3, 0.4) is 0 Å². The van der Waals surface area contributed by atoms with E-state index < -0.39 is 0 Å². The van der Waals surface area contributed by atoms with Gasteiger partial charge in [-0.25, -0.2) is 0 Å². The largest absolute Gasteiger partial charge is 0.383 e. The summed E-state index contributed by atoms with van der Waals surface area (Å²) in [4.78, 5) is 14.2. The molecule has 0 spiro atoms. The number of rotatable bonds is 8. The molecule has 0 radical (unpaired) electrons. The van der Waals surface area contributed by atoms with Gasteiger partial charge in [-0.05, 0) is 24.5 Å². The van der Waals surface area contributed by atoms with Crippen molar-refractivity contribution in [1.82, 2.24) is 15.1 Å². The zero-order chi connectivity index (χ0) is 14.9. The maximum atomic E-state index is 12.4. The summed E-state index contributed by atoms with van der Waals surface area (Å²) in [6.07, 6.45) is 3.47. The first-order valence-electron chi connectivity index (χ1n) is 7.13. The molecule has 2 rings (SSSR count). The highest BCUT2D eigenvalue weighted by molar-refractivity contribution is 5.92. The highest BCUT2D eigenvalue weighted by Crippen LogP contribution is 2.06. The number of methoxy groups -OCH3 is 1. The van der Waals surface area contributed by atoms with Gasteiger partial charge < -0.3 is 9.64 Å². The van der Waals surface area contributed by atoms with Crippen molar-refractivity contribution >= 4 is 5.91 Å². The molecule has 0 unspecified atom stereocenters. The number of aryl methyl sites for hydroxylation is 1. The van der Waals surface area contributed by atoms with Gasteiger partial charge in [0.05, 0.1) is 6.61 Å². The van der Waals surface area contributed by atoms with E-state index in [4.69, 9.17) is 4.74 Å². The Labute approximate surface area is 124 Å². The van der Waals surface area contributed by atoms with Gasteiger partial charge in [0.25, 0.3) is 5.91 Å². The van der Waals surface area contributed by atoms with E-state index in [9.17, 15) is 4.79 Å². The van der Waals surface area contributed by atoms with E-state index in [0.717, 1.165) is 12.8 Å². The first kappa shape index (κ1) is 15.3. The van der Waals surface area contributed by atoms with Crippen molar-refractivity contribution < 1.29 is 9.53 Å². The molecule has 5 nitrogen and oxygen atoms in total. The predicted octanol–water partition coefficient (Wildman–Crippen LogP) is 2.13. The van der Waals surface area contributed by atoms with E-state index >= 15 is 0 Å². The van der Waals surface area contributed by atoms with E-state index in [0.29, 0.717) is 25.4 Å². The molecule has 5 heteroatoms. The Bertz CT molecular complexity index is 526. The maximum Gasteiger partial charge on any atom is 0.271 e. The molecule has 0 saturated heterocycles. The summed E-state index contributed by atoms with van der Waals surface area (Å²) in [5.74, 6) is -0.0300. The van der Waals surface area contributed by atoms with Crippen molar-refractivity contribution in [1.29, 1.82) is 0 Å². The molecule has 0 aliphatic heterocycles. The van der Waals surface area contributed by atoms with Gasteiger partial charge in [0.15, 0.2) is 0 Å². The lowest BCUT2D eigenvalue weighted by molar-refractivity contribution is 0.0687. The number of carbonyl (C=O) groups excluding carboxylic acids is 1. The highest BCUT2D eigenvalue weighted by Gasteiger charge is 2.16. The fraction of sp³-hybridized carbons (Fsp3) is 0.375. The number of carbonyl (C=O) groups is 1. The second-order valence-electron chi connectivity index (χ2n) is 4.84. The average Bonchev–Trinajstić information content (AvgIpc) is 3.05. The van der Waals surface area contributed by atoms with Crippen LogP contribution in [0, 0.1) is 0 Å². The molecule has 0 fully saturated rings. The van der Waals surface area contributed by atoms with E-state index in [2.05, 4.69) is 22.3 Å². The second kappa shape index (κ2) is 8.21. The normalized spacial score (nSPS) is 10.5. The van der Waals surface area contributed by atoms with Gasteiger partial charge in [0, 0.05) is 26.4 Å². The molecule has 1 N–H and O–H groups in total. The minimum atomic E-state index is -0.0300. The number of hydrogen-bond donors (Lipinski definition) is 1. The molecule has 112 valence electrons. The standard InChI is InChI=1S/C16H21N3O2/c1-21-13-12-19(16(20)15-9-10-17-18-15)11-5-8-14-6-3-2-4-7-14/h2-4,6-7,9-10H,5,8,11-13H2,1H3,(H,17,18). The van der Waals surface area contributed by atoms with Gasteiger partial charge in [-0.3, -0.25) is 9.89 Å². The third-order valence-corrected chi connectivity index (χ3v) is 3.32. The Morgan fingerprint density at radius 1 is 1.24 bits per heavy atom. The Balaban J connectivity index is 1.88. The maximum absolute atomic E-state index is 12.4. The Kier molecular flexibility index (Phi) is 5.97. The molecular weight excluding hydrogens is 266 g/mol. The predicted molar refractivity (Wildman–Crippen MR) is 81.1 cm³/mol. The van der Waals surface area contributed by atoms with E-state index in [1.54, 1.807) is 24.3 Å². The van der Waals surface area contributed by atoms with Gasteiger partial charge in [-0.15, -0.1) is 0 Å². The van der Waals surface area contributed by atoms with Crippen LogP contribution in [-0.2, 0) is 11.2 Å². The number of ether oxygens (including phenoxy) is 1. The third-order valence-electron chi connectivity index (χ3n) is 3.32. The molecule has 1 amide bonds. The molecule has 0 bridgehead atoms. The number of hydrogen-bond acceptors (Lipinski definition) is 3. The number of nitrogens with zero attached hydrogens (tertiary/aromatic N) is 2. The van der Waals surface area contributed by atoms with Crippen LogP contribution in [0.4, 0.5) is 0 Å². The molecule has 2 aromatic rings. The van der Waals surface area contributed by atoms with Gasteiger partial charge in [-0.1, -0.05) is 30.3 Å². The summed E-state index contributed by atoms with van der Waals surface area (Å²) in [7, 11) is 1.64. The van der Waals surface area contributed by atoms with Gasteiger partial charge in [0.1, 0.15) is 5.69 Å². The molecule has 1 aromatic carbocycles. The van der Waals surface area contributed by atoms with Crippen LogP contribution in [0.25, 0.3) is 0 Å². The van der Waals surface area contributed by atoms with Crippen molar-refractivity contribution in [2.45, 2.75) is 12.8 Å². The number of nitrogens with one attached hydrogen (secondary N) is 1. The summed E-state index contributed by atoms with van der Waals surface area (Å²) in [5, 5.41) is 6.55. The molecule has 0 aliphatic rings. The zero-order valence-corrected chi connectivity index (χ0v) is 12.3. The first-order chi connectivity index (χ1) is 10.3. The number of H-pyrrole nitrogens is 1. The molecule has 0 aliphatic carbocycles. The van der Waals surface area contributed by atoms with E-state index in [1.165, 1.54) is 5.56 Å². The van der Waals surface area contributed by atoms with E-state index in [-0.39, 0.29) is 5.91 Å². The van der Waals surface area contributed by atoms with Crippen molar-refractivity contribution in [2.75, 3.05) is 26.8 Å². The quantitative estimate of drug-likeness (QED) is 0.809. The van der Waals surface area contributed by atoms with Crippen LogP contribution >= 0.6 is 0 Å². The molecule has 0 atom stereocenters. The first-order valence-corrected chi connectivity index (χ1v) is 7.13. The molecule has 0 saturated carbocycles. The summed E-state index contributed by atoms with van der Waals surface area (Å²) in [6, 6.07) is 12.0. The number of amides is 1. The monoisotopic (exact) mass is 287 g/mol. The number of benzene rings is 1. The summed E-state index contributed by atoms with van der Waals surface area (Å²) in [5.41, 5.74) is 1.81. The fourth-order valence-corrected chi connectivity index (χ4v) is 2.18. The van der Waals surface area contributed by atoms with Crippen LogP contribution < -0.4 is 0 Å². The van der Waals surface area contributed by atoms with Crippen LogP contribution in [0.5, 0.6) is 0 Å². The van der Waals surface area contributed by atoms with Crippen LogP contribution in [0.1, 0.15) is 22.5 Å². The highest BCUT2D eigenvalue weighted by atomic mass is 16.5. The van der Waals surface area contributed by atoms with Crippen LogP contribution in [0.2, 0.25) is 0 Å². The van der Waals surface area contributed by atoms with Crippen LogP contribution in [0.15, 0.2) is 42.6 Å². The Hall–Kier alpha value is -2.14. The average molecular weight is 287 g/mol. The minimum absolute atomic E-state index is 0.0300. The molecule has 21 heavy (non-hydrogen) atoms. The minimum Gasteiger partial charge on any atom is -0.383 e. The van der Waals surface area contributed by atoms with Crippen molar-refractivity contribution in [3.63, 3.8) is 0 Å². The Morgan fingerprint density at radius 3 is 2.71 bits per heavy atom. The smallest absolute Gasteiger partial charge is 0.271 e. The molecule has 1 aromatic heterocycles. The van der Waals surface area contributed by atoms with Crippen molar-refractivity contribution in [2.24, 2.45) is 0 Å². The zero-order valence-electron chi connectivity index (χ0n) is 12.3. The van der Waals surface area contributed by atoms with Crippen molar-refractivity contribution in [3.8, 4) is 0 Å².